The molecule has 1 aromatic rings. The van der Waals surface area contributed by atoms with E-state index in [4.69, 9.17) is 11.6 Å². The Morgan fingerprint density at radius 1 is 1.48 bits per heavy atom. The van der Waals surface area contributed by atoms with Crippen molar-refractivity contribution in [2.75, 3.05) is 24.5 Å². The fourth-order valence-electron chi connectivity index (χ4n) is 2.58. The van der Waals surface area contributed by atoms with Crippen molar-refractivity contribution < 1.29 is 4.79 Å². The Kier molecular flexibility index (Phi) is 5.48. The van der Waals surface area contributed by atoms with Crippen molar-refractivity contribution in [3.05, 3.63) is 28.8 Å². The lowest BCUT2D eigenvalue weighted by Gasteiger charge is -2.36. The van der Waals surface area contributed by atoms with Crippen LogP contribution < -0.4 is 15.5 Å². The van der Waals surface area contributed by atoms with E-state index in [0.717, 1.165) is 35.9 Å². The first-order valence-corrected chi connectivity index (χ1v) is 7.90. The van der Waals surface area contributed by atoms with E-state index in [1.807, 2.05) is 25.1 Å². The lowest BCUT2D eigenvalue weighted by Crippen LogP contribution is -2.54. The number of carbonyl (C=O) groups is 1. The normalized spacial score (nSPS) is 19.0. The van der Waals surface area contributed by atoms with Crippen LogP contribution >= 0.6 is 11.6 Å². The van der Waals surface area contributed by atoms with Gasteiger partial charge in [0.25, 0.3) is 0 Å². The molecule has 5 heteroatoms. The molecule has 0 saturated carbocycles. The summed E-state index contributed by atoms with van der Waals surface area (Å²) in [6.45, 7) is 9.54. The van der Waals surface area contributed by atoms with Gasteiger partial charge in [-0.1, -0.05) is 25.4 Å². The van der Waals surface area contributed by atoms with Gasteiger partial charge < -0.3 is 15.5 Å². The second kappa shape index (κ2) is 7.14. The van der Waals surface area contributed by atoms with Gasteiger partial charge in [0.15, 0.2) is 0 Å². The van der Waals surface area contributed by atoms with Crippen LogP contribution in [0.5, 0.6) is 0 Å². The number of hydrogen-bond donors (Lipinski definition) is 2. The molecule has 0 aromatic heterocycles. The van der Waals surface area contributed by atoms with E-state index in [2.05, 4.69) is 29.4 Å². The van der Waals surface area contributed by atoms with E-state index in [1.54, 1.807) is 0 Å². The first-order chi connectivity index (χ1) is 9.99. The molecular weight excluding hydrogens is 286 g/mol. The predicted molar refractivity (Wildman–Crippen MR) is 87.8 cm³/mol. The van der Waals surface area contributed by atoms with Crippen LogP contribution in [-0.2, 0) is 11.3 Å². The molecule has 1 amide bonds. The van der Waals surface area contributed by atoms with Crippen molar-refractivity contribution in [2.45, 2.75) is 33.4 Å². The number of nitrogens with one attached hydrogen (secondary N) is 2. The van der Waals surface area contributed by atoms with Crippen molar-refractivity contribution in [3.8, 4) is 0 Å². The molecule has 1 aliphatic rings. The Hall–Kier alpha value is -1.26. The standard InChI is InChI=1S/C16H24ClN3O/c1-11(2)9-18-10-13-8-14(17)4-5-15(13)20-7-6-19-16(21)12(20)3/h4-5,8,11-12,18H,6-7,9-10H2,1-3H3,(H,19,21). The van der Waals surface area contributed by atoms with Crippen LogP contribution in [0.15, 0.2) is 18.2 Å². The first-order valence-electron chi connectivity index (χ1n) is 7.52. The topological polar surface area (TPSA) is 44.4 Å². The van der Waals surface area contributed by atoms with Crippen molar-refractivity contribution in [3.63, 3.8) is 0 Å². The number of hydrogen-bond acceptors (Lipinski definition) is 3. The second-order valence-electron chi connectivity index (χ2n) is 5.96. The van der Waals surface area contributed by atoms with E-state index < -0.39 is 0 Å². The fourth-order valence-corrected chi connectivity index (χ4v) is 2.78. The number of nitrogens with zero attached hydrogens (tertiary/aromatic N) is 1. The highest BCUT2D eigenvalue weighted by Crippen LogP contribution is 2.27. The first kappa shape index (κ1) is 16.1. The van der Waals surface area contributed by atoms with Crippen LogP contribution in [0.2, 0.25) is 5.02 Å². The molecule has 1 heterocycles. The van der Waals surface area contributed by atoms with E-state index in [0.29, 0.717) is 12.5 Å². The van der Waals surface area contributed by atoms with Gasteiger partial charge in [-0.2, -0.15) is 0 Å². The summed E-state index contributed by atoms with van der Waals surface area (Å²) >= 11 is 6.14. The molecule has 2 N–H and O–H groups in total. The van der Waals surface area contributed by atoms with Gasteiger partial charge in [-0.15, -0.1) is 0 Å². The van der Waals surface area contributed by atoms with Crippen LogP contribution in [0.1, 0.15) is 26.3 Å². The van der Waals surface area contributed by atoms with Gasteiger partial charge >= 0.3 is 0 Å². The Balaban J connectivity index is 2.19. The van der Waals surface area contributed by atoms with Gasteiger partial charge in [0.2, 0.25) is 5.91 Å². The molecule has 4 nitrogen and oxygen atoms in total. The number of piperazine rings is 1. The lowest BCUT2D eigenvalue weighted by molar-refractivity contribution is -0.122. The molecule has 0 spiro atoms. The van der Waals surface area contributed by atoms with E-state index in [9.17, 15) is 4.79 Å². The third-order valence-corrected chi connectivity index (χ3v) is 3.95. The van der Waals surface area contributed by atoms with Crippen LogP contribution in [0.3, 0.4) is 0 Å². The van der Waals surface area contributed by atoms with Crippen molar-refractivity contribution in [2.24, 2.45) is 5.92 Å². The van der Waals surface area contributed by atoms with Crippen molar-refractivity contribution in [1.29, 1.82) is 0 Å². The number of rotatable bonds is 5. The summed E-state index contributed by atoms with van der Waals surface area (Å²) in [6, 6.07) is 5.75. The van der Waals surface area contributed by atoms with Gasteiger partial charge in [0.05, 0.1) is 0 Å². The van der Waals surface area contributed by atoms with E-state index >= 15 is 0 Å². The zero-order valence-electron chi connectivity index (χ0n) is 12.9. The molecule has 1 aromatic carbocycles. The minimum atomic E-state index is -0.149. The Morgan fingerprint density at radius 2 is 2.24 bits per heavy atom. The average molecular weight is 310 g/mol. The zero-order chi connectivity index (χ0) is 15.4. The number of benzene rings is 1. The highest BCUT2D eigenvalue weighted by Gasteiger charge is 2.26. The maximum atomic E-state index is 11.9. The maximum absolute atomic E-state index is 11.9. The summed E-state index contributed by atoms with van der Waals surface area (Å²) in [7, 11) is 0. The summed E-state index contributed by atoms with van der Waals surface area (Å²) < 4.78 is 0. The van der Waals surface area contributed by atoms with E-state index in [-0.39, 0.29) is 11.9 Å². The summed E-state index contributed by atoms with van der Waals surface area (Å²) in [6.07, 6.45) is 0. The van der Waals surface area contributed by atoms with Gasteiger partial charge in [0, 0.05) is 30.3 Å². The smallest absolute Gasteiger partial charge is 0.242 e. The number of amides is 1. The highest BCUT2D eigenvalue weighted by molar-refractivity contribution is 6.30. The third-order valence-electron chi connectivity index (χ3n) is 3.72. The van der Waals surface area contributed by atoms with Crippen LogP contribution in [0, 0.1) is 5.92 Å². The molecule has 1 atom stereocenters. The van der Waals surface area contributed by atoms with Gasteiger partial charge in [-0.3, -0.25) is 4.79 Å². The third kappa shape index (κ3) is 4.11. The summed E-state index contributed by atoms with van der Waals surface area (Å²) in [5, 5.41) is 7.08. The van der Waals surface area contributed by atoms with E-state index in [1.165, 1.54) is 0 Å². The summed E-state index contributed by atoms with van der Waals surface area (Å²) in [5.41, 5.74) is 2.24. The molecule has 21 heavy (non-hydrogen) atoms. The fraction of sp³-hybridized carbons (Fsp3) is 0.562. The van der Waals surface area contributed by atoms with Crippen LogP contribution in [0.25, 0.3) is 0 Å². The molecular formula is C16H24ClN3O. The molecule has 1 unspecified atom stereocenters. The average Bonchev–Trinajstić information content (AvgIpc) is 2.42. The number of anilines is 1. The van der Waals surface area contributed by atoms with Gasteiger partial charge in [0.1, 0.15) is 6.04 Å². The van der Waals surface area contributed by atoms with Crippen molar-refractivity contribution in [1.82, 2.24) is 10.6 Å². The Morgan fingerprint density at radius 3 is 2.95 bits per heavy atom. The molecule has 0 aliphatic carbocycles. The lowest BCUT2D eigenvalue weighted by atomic mass is 10.1. The van der Waals surface area contributed by atoms with Crippen LogP contribution in [-0.4, -0.2) is 31.6 Å². The number of carbonyl (C=O) groups excluding carboxylic acids is 1. The van der Waals surface area contributed by atoms with Crippen molar-refractivity contribution >= 4 is 23.2 Å². The monoisotopic (exact) mass is 309 g/mol. The molecule has 1 fully saturated rings. The quantitative estimate of drug-likeness (QED) is 0.878. The van der Waals surface area contributed by atoms with Gasteiger partial charge in [-0.05, 0) is 43.1 Å². The maximum Gasteiger partial charge on any atom is 0.242 e. The zero-order valence-corrected chi connectivity index (χ0v) is 13.7. The molecule has 1 saturated heterocycles. The molecule has 2 rings (SSSR count). The summed E-state index contributed by atoms with van der Waals surface area (Å²) in [4.78, 5) is 14.0. The molecule has 0 bridgehead atoms. The minimum absolute atomic E-state index is 0.0808. The molecule has 116 valence electrons. The highest BCUT2D eigenvalue weighted by atomic mass is 35.5. The SMILES string of the molecule is CC(C)CNCc1cc(Cl)ccc1N1CCNC(=O)C1C. The Labute approximate surface area is 131 Å². The predicted octanol–water partition coefficient (Wildman–Crippen LogP) is 2.41. The Bertz CT molecular complexity index is 504. The molecule has 0 radical (unpaired) electrons. The molecule has 1 aliphatic heterocycles. The minimum Gasteiger partial charge on any atom is -0.358 e. The number of halogens is 1. The largest absolute Gasteiger partial charge is 0.358 e. The van der Waals surface area contributed by atoms with Gasteiger partial charge in [-0.25, -0.2) is 0 Å². The second-order valence-corrected chi connectivity index (χ2v) is 6.39. The van der Waals surface area contributed by atoms with Crippen LogP contribution in [0.4, 0.5) is 5.69 Å². The summed E-state index contributed by atoms with van der Waals surface area (Å²) in [5.74, 6) is 0.685.